The number of sulfonamides is 1. The fourth-order valence-electron chi connectivity index (χ4n) is 4.67. The predicted octanol–water partition coefficient (Wildman–Crippen LogP) is 4.02. The van der Waals surface area contributed by atoms with Crippen LogP contribution >= 0.6 is 0 Å². The number of fused-ring (bicyclic) bond motifs is 1. The number of carbonyl (C=O) groups is 2. The van der Waals surface area contributed by atoms with Crippen molar-refractivity contribution in [1.82, 2.24) is 9.21 Å². The Morgan fingerprint density at radius 2 is 1.81 bits per heavy atom. The lowest BCUT2D eigenvalue weighted by atomic mass is 10.0. The summed E-state index contributed by atoms with van der Waals surface area (Å²) in [6, 6.07) is 12.9. The average molecular weight is 605 g/mol. The van der Waals surface area contributed by atoms with Crippen molar-refractivity contribution < 1.29 is 32.6 Å². The molecule has 0 radical (unpaired) electrons. The number of para-hydroxylation sites is 1. The predicted molar refractivity (Wildman–Crippen MR) is 163 cm³/mol. The molecule has 3 N–H and O–H groups in total. The van der Waals surface area contributed by atoms with Crippen LogP contribution in [-0.2, 0) is 14.8 Å². The summed E-state index contributed by atoms with van der Waals surface area (Å²) in [5.74, 6) is -0.271. The molecule has 1 heterocycles. The van der Waals surface area contributed by atoms with Gasteiger partial charge < -0.3 is 30.1 Å². The summed E-state index contributed by atoms with van der Waals surface area (Å²) in [7, 11) is -1.93. The minimum atomic E-state index is -3.44. The Morgan fingerprint density at radius 1 is 1.12 bits per heavy atom. The van der Waals surface area contributed by atoms with Crippen LogP contribution in [0.15, 0.2) is 48.5 Å². The lowest BCUT2D eigenvalue weighted by Crippen LogP contribution is -2.47. The zero-order valence-electron chi connectivity index (χ0n) is 25.1. The molecule has 12 heteroatoms. The molecule has 0 saturated carbocycles. The van der Waals surface area contributed by atoms with E-state index in [0.29, 0.717) is 23.7 Å². The van der Waals surface area contributed by atoms with Crippen molar-refractivity contribution >= 4 is 33.3 Å². The zero-order valence-corrected chi connectivity index (χ0v) is 25.9. The topological polar surface area (TPSA) is 138 Å². The second kappa shape index (κ2) is 15.3. The van der Waals surface area contributed by atoms with Gasteiger partial charge in [-0.2, -0.15) is 0 Å². The molecule has 11 nitrogen and oxygen atoms in total. The maximum atomic E-state index is 14.1. The number of hydrogen-bond acceptors (Lipinski definition) is 7. The van der Waals surface area contributed by atoms with Crippen LogP contribution in [0.1, 0.15) is 50.4 Å². The third kappa shape index (κ3) is 9.69. The van der Waals surface area contributed by atoms with E-state index >= 15 is 0 Å². The number of likely N-dealkylation sites (N-methyl/N-ethyl adjacent to an activating group) is 1. The standard InChI is InChI=1S/C30H44N4O7S/c1-21-18-34(22(2)20-35)29(36)26-17-25(32-30(37)31-24-12-7-6-8-13-24)14-15-27(26)41-23(3)11-9-10-16-40-28(21)19-33(4)42(5,38)39/h6-8,12-15,17,21-23,28,35H,9-11,16,18-20H2,1-5H3,(H2,31,32,37)/t21-,22+,23+,28-/m0/s1. The van der Waals surface area contributed by atoms with E-state index < -0.39 is 28.2 Å². The van der Waals surface area contributed by atoms with Crippen molar-refractivity contribution in [3.63, 3.8) is 0 Å². The van der Waals surface area contributed by atoms with Crippen LogP contribution in [0.3, 0.4) is 0 Å². The van der Waals surface area contributed by atoms with Gasteiger partial charge in [0.1, 0.15) is 5.75 Å². The fraction of sp³-hybridized carbons (Fsp3) is 0.533. The minimum absolute atomic E-state index is 0.135. The van der Waals surface area contributed by atoms with Crippen LogP contribution in [0.5, 0.6) is 5.75 Å². The number of ether oxygens (including phenoxy) is 2. The summed E-state index contributed by atoms with van der Waals surface area (Å²) in [6.07, 6.45) is 2.78. The van der Waals surface area contributed by atoms with E-state index in [1.807, 2.05) is 32.0 Å². The van der Waals surface area contributed by atoms with Crippen LogP contribution in [0.25, 0.3) is 0 Å². The lowest BCUT2D eigenvalue weighted by molar-refractivity contribution is -0.00828. The molecule has 0 unspecified atom stereocenters. The average Bonchev–Trinajstić information content (AvgIpc) is 2.94. The van der Waals surface area contributed by atoms with Crippen LogP contribution in [0.2, 0.25) is 0 Å². The van der Waals surface area contributed by atoms with E-state index in [0.717, 1.165) is 25.5 Å². The lowest BCUT2D eigenvalue weighted by Gasteiger charge is -2.35. The summed E-state index contributed by atoms with van der Waals surface area (Å²) in [6.45, 7) is 6.07. The van der Waals surface area contributed by atoms with E-state index in [4.69, 9.17) is 9.47 Å². The molecule has 0 spiro atoms. The molecule has 4 atom stereocenters. The number of aliphatic hydroxyl groups excluding tert-OH is 1. The number of urea groups is 1. The maximum Gasteiger partial charge on any atom is 0.323 e. The van der Waals surface area contributed by atoms with Crippen molar-refractivity contribution in [2.24, 2.45) is 5.92 Å². The Hall–Kier alpha value is -3.19. The smallest absolute Gasteiger partial charge is 0.323 e. The summed E-state index contributed by atoms with van der Waals surface area (Å²) in [4.78, 5) is 28.4. The molecule has 0 fully saturated rings. The van der Waals surface area contributed by atoms with Gasteiger partial charge >= 0.3 is 6.03 Å². The summed E-state index contributed by atoms with van der Waals surface area (Å²) < 4.78 is 37.9. The van der Waals surface area contributed by atoms with E-state index in [-0.39, 0.29) is 43.2 Å². The van der Waals surface area contributed by atoms with Crippen LogP contribution in [-0.4, -0.2) is 92.5 Å². The molecule has 42 heavy (non-hydrogen) atoms. The summed E-state index contributed by atoms with van der Waals surface area (Å²) in [5, 5.41) is 15.6. The second-order valence-electron chi connectivity index (χ2n) is 11.0. The van der Waals surface area contributed by atoms with Crippen LogP contribution < -0.4 is 15.4 Å². The Bertz CT molecular complexity index is 1290. The molecular weight excluding hydrogens is 560 g/mol. The summed E-state index contributed by atoms with van der Waals surface area (Å²) in [5.41, 5.74) is 1.26. The molecule has 0 aromatic heterocycles. The number of nitrogens with zero attached hydrogens (tertiary/aromatic N) is 2. The molecule has 2 aromatic rings. The monoisotopic (exact) mass is 604 g/mol. The number of aliphatic hydroxyl groups is 1. The number of anilines is 2. The highest BCUT2D eigenvalue weighted by Crippen LogP contribution is 2.28. The third-order valence-corrected chi connectivity index (χ3v) is 8.63. The quantitative estimate of drug-likeness (QED) is 0.434. The molecule has 1 aliphatic rings. The van der Waals surface area contributed by atoms with E-state index in [1.165, 1.54) is 11.4 Å². The van der Waals surface area contributed by atoms with Crippen molar-refractivity contribution in [2.75, 3.05) is 50.2 Å². The maximum absolute atomic E-state index is 14.1. The Labute approximate surface area is 249 Å². The Balaban J connectivity index is 1.95. The van der Waals surface area contributed by atoms with Crippen LogP contribution in [0, 0.1) is 5.92 Å². The van der Waals surface area contributed by atoms with Gasteiger partial charge in [0.05, 0.1) is 36.7 Å². The Kier molecular flexibility index (Phi) is 12.2. The van der Waals surface area contributed by atoms with Gasteiger partial charge in [0, 0.05) is 44.0 Å². The molecule has 2 aromatic carbocycles. The van der Waals surface area contributed by atoms with Gasteiger partial charge in [0.25, 0.3) is 5.91 Å². The highest BCUT2D eigenvalue weighted by Gasteiger charge is 2.31. The van der Waals surface area contributed by atoms with Crippen molar-refractivity contribution in [3.05, 3.63) is 54.1 Å². The first-order valence-corrected chi connectivity index (χ1v) is 16.1. The zero-order chi connectivity index (χ0) is 30.9. The molecule has 0 saturated heterocycles. The van der Waals surface area contributed by atoms with Gasteiger partial charge in [-0.3, -0.25) is 4.79 Å². The molecule has 232 valence electrons. The highest BCUT2D eigenvalue weighted by atomic mass is 32.2. The summed E-state index contributed by atoms with van der Waals surface area (Å²) >= 11 is 0. The van der Waals surface area contributed by atoms with Gasteiger partial charge in [-0.25, -0.2) is 17.5 Å². The third-order valence-electron chi connectivity index (χ3n) is 7.34. The number of nitrogens with one attached hydrogen (secondary N) is 2. The first-order valence-electron chi connectivity index (χ1n) is 14.3. The number of carbonyl (C=O) groups excluding carboxylic acids is 2. The largest absolute Gasteiger partial charge is 0.490 e. The van der Waals surface area contributed by atoms with Gasteiger partial charge in [-0.05, 0) is 63.4 Å². The minimum Gasteiger partial charge on any atom is -0.490 e. The normalized spacial score (nSPS) is 21.5. The van der Waals surface area contributed by atoms with E-state index in [1.54, 1.807) is 42.2 Å². The van der Waals surface area contributed by atoms with Gasteiger partial charge in [-0.15, -0.1) is 0 Å². The molecular formula is C30H44N4O7S. The van der Waals surface area contributed by atoms with E-state index in [2.05, 4.69) is 10.6 Å². The van der Waals surface area contributed by atoms with Crippen molar-refractivity contribution in [3.8, 4) is 5.75 Å². The molecule has 0 aliphatic carbocycles. The second-order valence-corrected chi connectivity index (χ2v) is 13.1. The van der Waals surface area contributed by atoms with Gasteiger partial charge in [0.2, 0.25) is 10.0 Å². The van der Waals surface area contributed by atoms with Gasteiger partial charge in [-0.1, -0.05) is 25.1 Å². The SMILES string of the molecule is C[C@@H]1CCCCO[C@@H](CN(C)S(C)(=O)=O)[C@@H](C)CN([C@H](C)CO)C(=O)c2cc(NC(=O)Nc3ccccc3)ccc2O1. The number of amides is 3. The first kappa shape index (κ1) is 33.3. The molecule has 0 bridgehead atoms. The number of rotatable bonds is 7. The number of hydrogen-bond donors (Lipinski definition) is 3. The molecule has 3 amide bonds. The Morgan fingerprint density at radius 3 is 2.48 bits per heavy atom. The molecule has 1 aliphatic heterocycles. The van der Waals surface area contributed by atoms with Crippen molar-refractivity contribution in [1.29, 1.82) is 0 Å². The van der Waals surface area contributed by atoms with Gasteiger partial charge in [0.15, 0.2) is 0 Å². The number of benzene rings is 2. The highest BCUT2D eigenvalue weighted by molar-refractivity contribution is 7.88. The van der Waals surface area contributed by atoms with Crippen molar-refractivity contribution in [2.45, 2.75) is 58.3 Å². The van der Waals surface area contributed by atoms with Crippen LogP contribution in [0.4, 0.5) is 16.2 Å². The van der Waals surface area contributed by atoms with E-state index in [9.17, 15) is 23.1 Å². The molecule has 3 rings (SSSR count). The fourth-order valence-corrected chi connectivity index (χ4v) is 5.08. The first-order chi connectivity index (χ1) is 19.9.